The van der Waals surface area contributed by atoms with Gasteiger partial charge in [-0.2, -0.15) is 5.26 Å². The Balaban J connectivity index is 3.95. The first-order chi connectivity index (χ1) is 6.76. The summed E-state index contributed by atoms with van der Waals surface area (Å²) in [5.41, 5.74) is 0.269. The van der Waals surface area contributed by atoms with Gasteiger partial charge in [-0.25, -0.2) is 0 Å². The van der Waals surface area contributed by atoms with Crippen LogP contribution in [0.4, 0.5) is 0 Å². The number of nitrogens with zero attached hydrogens (tertiary/aromatic N) is 1. The van der Waals surface area contributed by atoms with E-state index in [4.69, 9.17) is 10.4 Å². The molecule has 15 heavy (non-hydrogen) atoms. The second-order valence-corrected chi connectivity index (χ2v) is 5.47. The van der Waals surface area contributed by atoms with E-state index in [2.05, 4.69) is 27.7 Å². The van der Waals surface area contributed by atoms with Crippen molar-refractivity contribution in [2.45, 2.75) is 47.0 Å². The van der Waals surface area contributed by atoms with Gasteiger partial charge < -0.3 is 5.11 Å². The van der Waals surface area contributed by atoms with E-state index in [0.717, 1.165) is 12.8 Å². The van der Waals surface area contributed by atoms with Crippen LogP contribution in [0.2, 0.25) is 0 Å². The predicted molar refractivity (Wildman–Crippen MR) is 59.2 cm³/mol. The molecule has 0 aliphatic carbocycles. The first-order valence-corrected chi connectivity index (χ1v) is 5.38. The van der Waals surface area contributed by atoms with Gasteiger partial charge in [0.25, 0.3) is 0 Å². The molecule has 2 unspecified atom stereocenters. The smallest absolute Gasteiger partial charge is 0.320 e. The Bertz CT molecular complexity index is 247. The summed E-state index contributed by atoms with van der Waals surface area (Å²) in [5.74, 6) is -1.37. The van der Waals surface area contributed by atoms with Crippen LogP contribution >= 0.6 is 0 Å². The number of hydrogen-bond donors (Lipinski definition) is 1. The van der Waals surface area contributed by atoms with Crippen LogP contribution in [-0.2, 0) is 4.79 Å². The van der Waals surface area contributed by atoms with Crippen molar-refractivity contribution in [1.82, 2.24) is 0 Å². The Kier molecular flexibility index (Phi) is 5.35. The highest BCUT2D eigenvalue weighted by atomic mass is 16.4. The zero-order valence-electron chi connectivity index (χ0n) is 10.1. The van der Waals surface area contributed by atoms with Crippen molar-refractivity contribution >= 4 is 5.97 Å². The second-order valence-electron chi connectivity index (χ2n) is 5.47. The highest BCUT2D eigenvalue weighted by Gasteiger charge is 2.20. The van der Waals surface area contributed by atoms with Crippen LogP contribution in [0.25, 0.3) is 0 Å². The molecule has 0 aromatic rings. The number of nitriles is 1. The molecular weight excluding hydrogens is 190 g/mol. The Morgan fingerprint density at radius 2 is 1.93 bits per heavy atom. The van der Waals surface area contributed by atoms with E-state index in [1.54, 1.807) is 0 Å². The van der Waals surface area contributed by atoms with Crippen LogP contribution in [0, 0.1) is 28.6 Å². The quantitative estimate of drug-likeness (QED) is 0.760. The molecule has 0 aliphatic rings. The average Bonchev–Trinajstić information content (AvgIpc) is 2.01. The summed E-state index contributed by atoms with van der Waals surface area (Å²) in [6.07, 6.45) is 2.33. The van der Waals surface area contributed by atoms with E-state index in [1.807, 2.05) is 6.07 Å². The molecule has 0 saturated heterocycles. The molecule has 0 aromatic heterocycles. The van der Waals surface area contributed by atoms with Gasteiger partial charge in [-0.15, -0.1) is 0 Å². The van der Waals surface area contributed by atoms with Crippen molar-refractivity contribution in [1.29, 1.82) is 5.26 Å². The number of hydrogen-bond acceptors (Lipinski definition) is 2. The summed E-state index contributed by atoms with van der Waals surface area (Å²) < 4.78 is 0. The molecule has 0 saturated carbocycles. The van der Waals surface area contributed by atoms with Gasteiger partial charge in [-0.3, -0.25) is 4.79 Å². The molecule has 3 heteroatoms. The van der Waals surface area contributed by atoms with Gasteiger partial charge in [0.2, 0.25) is 0 Å². The lowest BCUT2D eigenvalue weighted by atomic mass is 9.83. The molecule has 0 bridgehead atoms. The standard InChI is InChI=1S/C12H21NO2/c1-9(7-12(2,3)4)5-6-10(8-13)11(14)15/h9-10H,5-7H2,1-4H3,(H,14,15). The van der Waals surface area contributed by atoms with Crippen molar-refractivity contribution in [2.24, 2.45) is 17.3 Å². The van der Waals surface area contributed by atoms with E-state index in [9.17, 15) is 4.79 Å². The molecule has 0 rings (SSSR count). The molecular formula is C12H21NO2. The van der Waals surface area contributed by atoms with Gasteiger partial charge in [0, 0.05) is 0 Å². The predicted octanol–water partition coefficient (Wildman–Crippen LogP) is 3.06. The molecule has 0 heterocycles. The fourth-order valence-corrected chi connectivity index (χ4v) is 1.84. The largest absolute Gasteiger partial charge is 0.480 e. The van der Waals surface area contributed by atoms with Gasteiger partial charge in [0.15, 0.2) is 0 Å². The van der Waals surface area contributed by atoms with Crippen LogP contribution in [0.5, 0.6) is 0 Å². The van der Waals surface area contributed by atoms with Gasteiger partial charge in [0.1, 0.15) is 5.92 Å². The van der Waals surface area contributed by atoms with E-state index in [1.165, 1.54) is 0 Å². The number of rotatable bonds is 5. The maximum Gasteiger partial charge on any atom is 0.320 e. The van der Waals surface area contributed by atoms with E-state index < -0.39 is 11.9 Å². The third kappa shape index (κ3) is 6.96. The maximum atomic E-state index is 10.6. The number of aliphatic carboxylic acids is 1. The molecule has 86 valence electrons. The summed E-state index contributed by atoms with van der Waals surface area (Å²) >= 11 is 0. The fourth-order valence-electron chi connectivity index (χ4n) is 1.84. The SMILES string of the molecule is CC(CCC(C#N)C(=O)O)CC(C)(C)C. The van der Waals surface area contributed by atoms with E-state index in [-0.39, 0.29) is 5.41 Å². The number of carboxylic acids is 1. The Labute approximate surface area is 92.1 Å². The lowest BCUT2D eigenvalue weighted by Gasteiger charge is -2.23. The molecule has 2 atom stereocenters. The van der Waals surface area contributed by atoms with Crippen LogP contribution in [0.15, 0.2) is 0 Å². The van der Waals surface area contributed by atoms with Gasteiger partial charge in [0.05, 0.1) is 6.07 Å². The first-order valence-electron chi connectivity index (χ1n) is 5.38. The van der Waals surface area contributed by atoms with Gasteiger partial charge >= 0.3 is 5.97 Å². The van der Waals surface area contributed by atoms with Crippen molar-refractivity contribution in [3.8, 4) is 6.07 Å². The molecule has 0 aliphatic heterocycles. The van der Waals surface area contributed by atoms with Crippen LogP contribution in [0.1, 0.15) is 47.0 Å². The fraction of sp³-hybridized carbons (Fsp3) is 0.833. The summed E-state index contributed by atoms with van der Waals surface area (Å²) in [7, 11) is 0. The van der Waals surface area contributed by atoms with Gasteiger partial charge in [-0.1, -0.05) is 27.7 Å². The molecule has 0 aromatic carbocycles. The molecule has 3 nitrogen and oxygen atoms in total. The van der Waals surface area contributed by atoms with E-state index in [0.29, 0.717) is 12.3 Å². The first kappa shape index (κ1) is 14.0. The van der Waals surface area contributed by atoms with Crippen LogP contribution in [0.3, 0.4) is 0 Å². The highest BCUT2D eigenvalue weighted by Crippen LogP contribution is 2.27. The Morgan fingerprint density at radius 1 is 1.40 bits per heavy atom. The Morgan fingerprint density at radius 3 is 2.27 bits per heavy atom. The van der Waals surface area contributed by atoms with Crippen LogP contribution < -0.4 is 0 Å². The monoisotopic (exact) mass is 211 g/mol. The third-order valence-corrected chi connectivity index (χ3v) is 2.36. The summed E-state index contributed by atoms with van der Waals surface area (Å²) in [4.78, 5) is 10.6. The van der Waals surface area contributed by atoms with Gasteiger partial charge in [-0.05, 0) is 30.6 Å². The number of carboxylic acid groups (broad SMARTS) is 1. The molecule has 1 N–H and O–H groups in total. The lowest BCUT2D eigenvalue weighted by molar-refractivity contribution is -0.140. The zero-order chi connectivity index (χ0) is 12.1. The Hall–Kier alpha value is -1.04. The minimum absolute atomic E-state index is 0.269. The molecule has 0 radical (unpaired) electrons. The average molecular weight is 211 g/mol. The minimum Gasteiger partial charge on any atom is -0.480 e. The molecule has 0 fully saturated rings. The van der Waals surface area contributed by atoms with Crippen molar-refractivity contribution in [3.63, 3.8) is 0 Å². The zero-order valence-corrected chi connectivity index (χ0v) is 10.1. The third-order valence-electron chi connectivity index (χ3n) is 2.36. The highest BCUT2D eigenvalue weighted by molar-refractivity contribution is 5.72. The summed E-state index contributed by atoms with van der Waals surface area (Å²) in [5, 5.41) is 17.3. The minimum atomic E-state index is -1.000. The topological polar surface area (TPSA) is 61.1 Å². The van der Waals surface area contributed by atoms with E-state index >= 15 is 0 Å². The lowest BCUT2D eigenvalue weighted by Crippen LogP contribution is -2.15. The van der Waals surface area contributed by atoms with Crippen molar-refractivity contribution in [2.75, 3.05) is 0 Å². The van der Waals surface area contributed by atoms with Crippen LogP contribution in [-0.4, -0.2) is 11.1 Å². The number of carbonyl (C=O) groups is 1. The normalized spacial score (nSPS) is 15.4. The maximum absolute atomic E-state index is 10.6. The summed E-state index contributed by atoms with van der Waals surface area (Å²) in [6, 6.07) is 1.82. The molecule has 0 amide bonds. The molecule has 0 spiro atoms. The second kappa shape index (κ2) is 5.75. The van der Waals surface area contributed by atoms with Crippen molar-refractivity contribution in [3.05, 3.63) is 0 Å². The van der Waals surface area contributed by atoms with Crippen molar-refractivity contribution < 1.29 is 9.90 Å². The summed E-state index contributed by atoms with van der Waals surface area (Å²) in [6.45, 7) is 8.62.